The summed E-state index contributed by atoms with van der Waals surface area (Å²) < 4.78 is 10.9. The first-order chi connectivity index (χ1) is 7.85. The molecule has 17 heavy (non-hydrogen) atoms. The van der Waals surface area contributed by atoms with Crippen LogP contribution < -0.4 is 0 Å². The molecule has 0 bridgehead atoms. The van der Waals surface area contributed by atoms with Gasteiger partial charge in [-0.3, -0.25) is 0 Å². The molecule has 0 saturated heterocycles. The Kier molecular flexibility index (Phi) is 8.77. The van der Waals surface area contributed by atoms with Crippen LogP contribution in [0.5, 0.6) is 0 Å². The van der Waals surface area contributed by atoms with Crippen molar-refractivity contribution < 1.29 is 14.6 Å². The van der Waals surface area contributed by atoms with E-state index >= 15 is 0 Å². The fourth-order valence-corrected chi connectivity index (χ4v) is 1.97. The average Bonchev–Trinajstić information content (AvgIpc) is 2.20. The van der Waals surface area contributed by atoms with Gasteiger partial charge in [0.15, 0.2) is 0 Å². The van der Waals surface area contributed by atoms with Crippen LogP contribution in [-0.4, -0.2) is 39.3 Å². The highest BCUT2D eigenvalue weighted by Gasteiger charge is 2.12. The molecule has 0 aromatic rings. The first-order valence-corrected chi connectivity index (χ1v) is 10.0. The van der Waals surface area contributed by atoms with Gasteiger partial charge in [-0.15, -0.1) is 6.58 Å². The molecular formula is C13H28O3Si. The third-order valence-corrected chi connectivity index (χ3v) is 4.18. The lowest BCUT2D eigenvalue weighted by Gasteiger charge is -2.18. The summed E-state index contributed by atoms with van der Waals surface area (Å²) in [5, 5.41) is 9.12. The van der Waals surface area contributed by atoms with E-state index < -0.39 is 8.07 Å². The number of hydrogen-bond acceptors (Lipinski definition) is 3. The summed E-state index contributed by atoms with van der Waals surface area (Å²) in [4.78, 5) is 0. The molecule has 0 aromatic carbocycles. The number of allylic oxidation sites excluding steroid dienone is 1. The van der Waals surface area contributed by atoms with Crippen molar-refractivity contribution in [1.29, 1.82) is 0 Å². The molecule has 0 unspecified atom stereocenters. The Hall–Kier alpha value is -0.163. The SMILES string of the molecule is C=C(C)CC[C@@H](CO)OCOCC[Si](C)(C)C. The normalized spacial score (nSPS) is 13.7. The molecule has 4 heteroatoms. The van der Waals surface area contributed by atoms with Crippen LogP contribution in [0, 0.1) is 0 Å². The van der Waals surface area contributed by atoms with Crippen LogP contribution in [0.1, 0.15) is 19.8 Å². The Morgan fingerprint density at radius 2 is 2.00 bits per heavy atom. The van der Waals surface area contributed by atoms with E-state index in [2.05, 4.69) is 26.2 Å². The lowest BCUT2D eigenvalue weighted by atomic mass is 10.1. The van der Waals surface area contributed by atoms with Gasteiger partial charge in [-0.25, -0.2) is 0 Å². The molecule has 0 aliphatic rings. The van der Waals surface area contributed by atoms with E-state index in [1.54, 1.807) is 0 Å². The first-order valence-electron chi connectivity index (χ1n) is 6.30. The molecule has 1 atom stereocenters. The van der Waals surface area contributed by atoms with Crippen molar-refractivity contribution in [3.05, 3.63) is 12.2 Å². The smallest absolute Gasteiger partial charge is 0.147 e. The predicted octanol–water partition coefficient (Wildman–Crippen LogP) is 3.03. The van der Waals surface area contributed by atoms with Gasteiger partial charge >= 0.3 is 0 Å². The second-order valence-electron chi connectivity index (χ2n) is 5.80. The van der Waals surface area contributed by atoms with Crippen molar-refractivity contribution in [1.82, 2.24) is 0 Å². The Morgan fingerprint density at radius 1 is 1.35 bits per heavy atom. The number of aliphatic hydroxyl groups is 1. The summed E-state index contributed by atoms with van der Waals surface area (Å²) in [5.41, 5.74) is 1.12. The fraction of sp³-hybridized carbons (Fsp3) is 0.846. The van der Waals surface area contributed by atoms with Gasteiger partial charge in [0.1, 0.15) is 6.79 Å². The fourth-order valence-electron chi connectivity index (χ4n) is 1.22. The molecule has 0 fully saturated rings. The number of rotatable bonds is 10. The molecule has 0 spiro atoms. The van der Waals surface area contributed by atoms with Crippen molar-refractivity contribution >= 4 is 8.07 Å². The maximum atomic E-state index is 9.12. The molecule has 0 aliphatic heterocycles. The van der Waals surface area contributed by atoms with Gasteiger partial charge in [0.2, 0.25) is 0 Å². The molecule has 3 nitrogen and oxygen atoms in total. The number of hydrogen-bond donors (Lipinski definition) is 1. The highest BCUT2D eigenvalue weighted by molar-refractivity contribution is 6.76. The van der Waals surface area contributed by atoms with Crippen LogP contribution >= 0.6 is 0 Å². The average molecular weight is 260 g/mol. The third-order valence-electron chi connectivity index (χ3n) is 2.48. The van der Waals surface area contributed by atoms with E-state index in [0.717, 1.165) is 31.1 Å². The van der Waals surface area contributed by atoms with Gasteiger partial charge in [-0.05, 0) is 25.8 Å². The molecule has 0 radical (unpaired) electrons. The van der Waals surface area contributed by atoms with E-state index in [-0.39, 0.29) is 19.5 Å². The first kappa shape index (κ1) is 16.8. The predicted molar refractivity (Wildman–Crippen MR) is 75.0 cm³/mol. The maximum Gasteiger partial charge on any atom is 0.147 e. The summed E-state index contributed by atoms with van der Waals surface area (Å²) >= 11 is 0. The van der Waals surface area contributed by atoms with Crippen molar-refractivity contribution in [2.45, 2.75) is 51.6 Å². The second-order valence-corrected chi connectivity index (χ2v) is 11.4. The van der Waals surface area contributed by atoms with Crippen LogP contribution in [-0.2, 0) is 9.47 Å². The van der Waals surface area contributed by atoms with Crippen LogP contribution in [0.25, 0.3) is 0 Å². The van der Waals surface area contributed by atoms with E-state index in [9.17, 15) is 0 Å². The van der Waals surface area contributed by atoms with Crippen molar-refractivity contribution in [2.75, 3.05) is 20.0 Å². The molecule has 0 aliphatic carbocycles. The summed E-state index contributed by atoms with van der Waals surface area (Å²) in [7, 11) is -1.01. The molecule has 0 amide bonds. The number of ether oxygens (including phenoxy) is 2. The summed E-state index contributed by atoms with van der Waals surface area (Å²) in [6, 6.07) is 1.14. The van der Waals surface area contributed by atoms with Gasteiger partial charge in [0.05, 0.1) is 12.7 Å². The van der Waals surface area contributed by atoms with Crippen LogP contribution in [0.4, 0.5) is 0 Å². The van der Waals surface area contributed by atoms with E-state index in [1.165, 1.54) is 0 Å². The quantitative estimate of drug-likeness (QED) is 0.284. The standard InChI is InChI=1S/C13H28O3Si/c1-12(2)6-7-13(10-14)16-11-15-8-9-17(3,4)5/h13-14H,1,6-11H2,2-5H3/t13-/m0/s1. The molecule has 0 saturated carbocycles. The minimum atomic E-state index is -1.01. The van der Waals surface area contributed by atoms with Crippen molar-refractivity contribution in [3.8, 4) is 0 Å². The zero-order valence-corrected chi connectivity index (χ0v) is 12.8. The monoisotopic (exact) mass is 260 g/mol. The minimum Gasteiger partial charge on any atom is -0.394 e. The Labute approximate surface area is 107 Å². The maximum absolute atomic E-state index is 9.12. The van der Waals surface area contributed by atoms with Gasteiger partial charge in [-0.2, -0.15) is 0 Å². The molecule has 1 N–H and O–H groups in total. The summed E-state index contributed by atoms with van der Waals surface area (Å²) in [6.07, 6.45) is 1.57. The van der Waals surface area contributed by atoms with Gasteiger partial charge in [-0.1, -0.05) is 25.2 Å². The highest BCUT2D eigenvalue weighted by atomic mass is 28.3. The highest BCUT2D eigenvalue weighted by Crippen LogP contribution is 2.09. The Balaban J connectivity index is 3.53. The molecule has 102 valence electrons. The van der Waals surface area contributed by atoms with Gasteiger partial charge in [0, 0.05) is 14.7 Å². The minimum absolute atomic E-state index is 0.0463. The third kappa shape index (κ3) is 12.1. The Morgan fingerprint density at radius 3 is 2.47 bits per heavy atom. The molecule has 0 heterocycles. The topological polar surface area (TPSA) is 38.7 Å². The van der Waals surface area contributed by atoms with Crippen LogP contribution in [0.15, 0.2) is 12.2 Å². The molecule has 0 aromatic heterocycles. The largest absolute Gasteiger partial charge is 0.394 e. The lowest BCUT2D eigenvalue weighted by Crippen LogP contribution is -2.23. The molecule has 0 rings (SSSR count). The zero-order chi connectivity index (χ0) is 13.3. The van der Waals surface area contributed by atoms with E-state index in [0.29, 0.717) is 0 Å². The van der Waals surface area contributed by atoms with E-state index in [1.807, 2.05) is 6.92 Å². The number of aliphatic hydroxyl groups excluding tert-OH is 1. The van der Waals surface area contributed by atoms with Gasteiger partial charge < -0.3 is 14.6 Å². The summed E-state index contributed by atoms with van der Waals surface area (Å²) in [6.45, 7) is 13.9. The summed E-state index contributed by atoms with van der Waals surface area (Å²) in [5.74, 6) is 0. The van der Waals surface area contributed by atoms with Gasteiger partial charge in [0.25, 0.3) is 0 Å². The molecular weight excluding hydrogens is 232 g/mol. The Bertz CT molecular complexity index is 211. The van der Waals surface area contributed by atoms with Crippen LogP contribution in [0.3, 0.4) is 0 Å². The van der Waals surface area contributed by atoms with Crippen molar-refractivity contribution in [2.24, 2.45) is 0 Å². The van der Waals surface area contributed by atoms with Crippen LogP contribution in [0.2, 0.25) is 25.7 Å². The van der Waals surface area contributed by atoms with Crippen molar-refractivity contribution in [3.63, 3.8) is 0 Å². The zero-order valence-electron chi connectivity index (χ0n) is 11.8. The van der Waals surface area contributed by atoms with E-state index in [4.69, 9.17) is 14.6 Å². The second kappa shape index (κ2) is 8.86. The lowest BCUT2D eigenvalue weighted by molar-refractivity contribution is -0.101.